The number of anilines is 1. The van der Waals surface area contributed by atoms with E-state index >= 15 is 0 Å². The Kier molecular flexibility index (Phi) is 6.66. The highest BCUT2D eigenvalue weighted by atomic mass is 32.1. The third-order valence-electron chi connectivity index (χ3n) is 5.02. The standard InChI is InChI=1S/C20H28N4O2S/c1-4-14(2)21-19(25)16-8-6-10-24(13-16)20-22-18(23-27-20)12-15-7-5-9-17(11-15)26-3/h5,7,9,11,14,16H,4,6,8,10,12-13H2,1-3H3,(H,21,25)/t14-,16+/m0/s1. The normalized spacial score (nSPS) is 18.2. The van der Waals surface area contributed by atoms with Gasteiger partial charge in [0.05, 0.1) is 13.0 Å². The molecule has 7 heteroatoms. The monoisotopic (exact) mass is 388 g/mol. The summed E-state index contributed by atoms with van der Waals surface area (Å²) in [6.45, 7) is 5.79. The molecule has 2 aromatic rings. The summed E-state index contributed by atoms with van der Waals surface area (Å²) in [5.74, 6) is 1.84. The molecule has 0 radical (unpaired) electrons. The van der Waals surface area contributed by atoms with Crippen molar-refractivity contribution in [2.45, 2.75) is 45.6 Å². The first kappa shape index (κ1) is 19.6. The van der Waals surface area contributed by atoms with E-state index < -0.39 is 0 Å². The van der Waals surface area contributed by atoms with Gasteiger partial charge >= 0.3 is 0 Å². The molecule has 6 nitrogen and oxygen atoms in total. The largest absolute Gasteiger partial charge is 0.497 e. The van der Waals surface area contributed by atoms with Crippen LogP contribution < -0.4 is 15.0 Å². The van der Waals surface area contributed by atoms with Crippen molar-refractivity contribution in [1.82, 2.24) is 14.7 Å². The number of nitrogens with one attached hydrogen (secondary N) is 1. The van der Waals surface area contributed by atoms with E-state index in [1.54, 1.807) is 7.11 Å². The quantitative estimate of drug-likeness (QED) is 0.788. The number of aromatic nitrogens is 2. The summed E-state index contributed by atoms with van der Waals surface area (Å²) in [4.78, 5) is 19.4. The number of benzene rings is 1. The summed E-state index contributed by atoms with van der Waals surface area (Å²) in [6.07, 6.45) is 3.57. The predicted octanol–water partition coefficient (Wildman–Crippen LogP) is 3.27. The summed E-state index contributed by atoms with van der Waals surface area (Å²) in [5.41, 5.74) is 1.13. The van der Waals surface area contributed by atoms with Gasteiger partial charge in [0.1, 0.15) is 11.6 Å². The van der Waals surface area contributed by atoms with Crippen LogP contribution in [0.2, 0.25) is 0 Å². The summed E-state index contributed by atoms with van der Waals surface area (Å²) in [6, 6.07) is 8.20. The van der Waals surface area contributed by atoms with Crippen LogP contribution in [0.5, 0.6) is 5.75 Å². The average molecular weight is 389 g/mol. The van der Waals surface area contributed by atoms with E-state index in [0.29, 0.717) is 6.42 Å². The Morgan fingerprint density at radius 2 is 2.33 bits per heavy atom. The highest BCUT2D eigenvalue weighted by molar-refractivity contribution is 7.09. The fourth-order valence-corrected chi connectivity index (χ4v) is 3.96. The van der Waals surface area contributed by atoms with Crippen molar-refractivity contribution < 1.29 is 9.53 Å². The number of carbonyl (C=O) groups is 1. The van der Waals surface area contributed by atoms with Gasteiger partial charge in [-0.25, -0.2) is 4.98 Å². The molecule has 146 valence electrons. The van der Waals surface area contributed by atoms with Crippen molar-refractivity contribution in [2.75, 3.05) is 25.1 Å². The zero-order valence-electron chi connectivity index (χ0n) is 16.3. The van der Waals surface area contributed by atoms with E-state index in [2.05, 4.69) is 27.6 Å². The molecule has 1 aromatic heterocycles. The predicted molar refractivity (Wildman–Crippen MR) is 109 cm³/mol. The van der Waals surface area contributed by atoms with Crippen molar-refractivity contribution in [1.29, 1.82) is 0 Å². The molecule has 1 N–H and O–H groups in total. The first-order valence-corrected chi connectivity index (χ1v) is 10.4. The van der Waals surface area contributed by atoms with Gasteiger partial charge in [-0.2, -0.15) is 4.37 Å². The number of nitrogens with zero attached hydrogens (tertiary/aromatic N) is 3. The van der Waals surface area contributed by atoms with E-state index in [9.17, 15) is 4.79 Å². The maximum atomic E-state index is 12.5. The van der Waals surface area contributed by atoms with E-state index in [1.807, 2.05) is 25.1 Å². The fraction of sp³-hybridized carbons (Fsp3) is 0.550. The minimum Gasteiger partial charge on any atom is -0.497 e. The number of ether oxygens (including phenoxy) is 1. The molecule has 1 saturated heterocycles. The molecule has 2 atom stereocenters. The third-order valence-corrected chi connectivity index (χ3v) is 5.83. The van der Waals surface area contributed by atoms with Crippen molar-refractivity contribution in [3.63, 3.8) is 0 Å². The van der Waals surface area contributed by atoms with Crippen molar-refractivity contribution in [2.24, 2.45) is 5.92 Å². The van der Waals surface area contributed by atoms with Crippen LogP contribution in [0.3, 0.4) is 0 Å². The van der Waals surface area contributed by atoms with Crippen LogP contribution in [-0.4, -0.2) is 41.5 Å². The number of rotatable bonds is 7. The number of hydrogen-bond acceptors (Lipinski definition) is 6. The average Bonchev–Trinajstić information content (AvgIpc) is 3.16. The van der Waals surface area contributed by atoms with Crippen molar-refractivity contribution in [3.8, 4) is 5.75 Å². The summed E-state index contributed by atoms with van der Waals surface area (Å²) in [5, 5.41) is 4.02. The zero-order chi connectivity index (χ0) is 19.2. The van der Waals surface area contributed by atoms with Crippen LogP contribution >= 0.6 is 11.5 Å². The van der Waals surface area contributed by atoms with E-state index in [-0.39, 0.29) is 17.9 Å². The van der Waals surface area contributed by atoms with Gasteiger partial charge in [-0.3, -0.25) is 4.79 Å². The molecule has 3 rings (SSSR count). The summed E-state index contributed by atoms with van der Waals surface area (Å²) in [7, 11) is 1.67. The molecule has 0 saturated carbocycles. The smallest absolute Gasteiger partial charge is 0.225 e. The molecule has 0 unspecified atom stereocenters. The molecule has 0 aliphatic carbocycles. The lowest BCUT2D eigenvalue weighted by Gasteiger charge is -2.32. The Morgan fingerprint density at radius 3 is 3.11 bits per heavy atom. The molecule has 0 bridgehead atoms. The van der Waals surface area contributed by atoms with E-state index in [0.717, 1.165) is 54.6 Å². The second-order valence-corrected chi connectivity index (χ2v) is 7.85. The van der Waals surface area contributed by atoms with Crippen LogP contribution in [-0.2, 0) is 11.2 Å². The zero-order valence-corrected chi connectivity index (χ0v) is 17.1. The van der Waals surface area contributed by atoms with E-state index in [4.69, 9.17) is 9.72 Å². The number of amides is 1. The number of methoxy groups -OCH3 is 1. The van der Waals surface area contributed by atoms with Gasteiger partial charge in [0, 0.05) is 37.1 Å². The molecule has 1 aliphatic rings. The first-order chi connectivity index (χ1) is 13.1. The number of hydrogen-bond donors (Lipinski definition) is 1. The minimum absolute atomic E-state index is 0.0264. The lowest BCUT2D eigenvalue weighted by Crippen LogP contribution is -2.45. The Balaban J connectivity index is 1.62. The molecular weight excluding hydrogens is 360 g/mol. The van der Waals surface area contributed by atoms with Gasteiger partial charge in [0.15, 0.2) is 0 Å². The van der Waals surface area contributed by atoms with Gasteiger partial charge in [-0.1, -0.05) is 19.1 Å². The maximum absolute atomic E-state index is 12.5. The van der Waals surface area contributed by atoms with Gasteiger partial charge in [-0.15, -0.1) is 0 Å². The molecular formula is C20H28N4O2S. The molecule has 0 spiro atoms. The van der Waals surface area contributed by atoms with Crippen LogP contribution in [0.4, 0.5) is 5.13 Å². The molecule has 27 heavy (non-hydrogen) atoms. The Morgan fingerprint density at radius 1 is 1.48 bits per heavy atom. The highest BCUT2D eigenvalue weighted by Crippen LogP contribution is 2.26. The van der Waals surface area contributed by atoms with Crippen LogP contribution in [0, 0.1) is 5.92 Å². The minimum atomic E-state index is 0.0264. The fourth-order valence-electron chi connectivity index (χ4n) is 3.24. The lowest BCUT2D eigenvalue weighted by atomic mass is 9.97. The van der Waals surface area contributed by atoms with Crippen LogP contribution in [0.25, 0.3) is 0 Å². The SMILES string of the molecule is CC[C@H](C)NC(=O)[C@@H]1CCCN(c2nc(Cc3cccc(OC)c3)ns2)C1. The Labute approximate surface area is 165 Å². The molecule has 1 aliphatic heterocycles. The van der Waals surface area contributed by atoms with Gasteiger partial charge in [0.2, 0.25) is 11.0 Å². The second-order valence-electron chi connectivity index (χ2n) is 7.12. The van der Waals surface area contributed by atoms with Crippen LogP contribution in [0.15, 0.2) is 24.3 Å². The Bertz CT molecular complexity index is 764. The van der Waals surface area contributed by atoms with Crippen LogP contribution in [0.1, 0.15) is 44.5 Å². The molecule has 2 heterocycles. The Hall–Kier alpha value is -2.15. The first-order valence-electron chi connectivity index (χ1n) is 9.60. The van der Waals surface area contributed by atoms with Gasteiger partial charge in [-0.05, 0) is 43.9 Å². The molecule has 1 aromatic carbocycles. The van der Waals surface area contributed by atoms with Gasteiger partial charge in [0.25, 0.3) is 0 Å². The number of piperidine rings is 1. The van der Waals surface area contributed by atoms with E-state index in [1.165, 1.54) is 11.5 Å². The molecule has 1 amide bonds. The topological polar surface area (TPSA) is 67.4 Å². The summed E-state index contributed by atoms with van der Waals surface area (Å²) >= 11 is 1.42. The lowest BCUT2D eigenvalue weighted by molar-refractivity contribution is -0.125. The third kappa shape index (κ3) is 5.19. The number of carbonyl (C=O) groups excluding carboxylic acids is 1. The van der Waals surface area contributed by atoms with Gasteiger partial charge < -0.3 is 15.0 Å². The molecule has 1 fully saturated rings. The highest BCUT2D eigenvalue weighted by Gasteiger charge is 2.28. The maximum Gasteiger partial charge on any atom is 0.225 e. The second kappa shape index (κ2) is 9.17. The van der Waals surface area contributed by atoms with Crippen molar-refractivity contribution in [3.05, 3.63) is 35.7 Å². The van der Waals surface area contributed by atoms with Crippen molar-refractivity contribution >= 4 is 22.6 Å². The summed E-state index contributed by atoms with van der Waals surface area (Å²) < 4.78 is 9.80.